The van der Waals surface area contributed by atoms with Crippen molar-refractivity contribution in [3.8, 4) is 11.5 Å². The summed E-state index contributed by atoms with van der Waals surface area (Å²) >= 11 is 0. The van der Waals surface area contributed by atoms with Crippen LogP contribution in [-0.4, -0.2) is 31.6 Å². The molecule has 2 heterocycles. The molecule has 0 N–H and O–H groups in total. The number of hydrogen-bond donors (Lipinski definition) is 0. The maximum atomic E-state index is 13.0. The number of carbonyl (C=O) groups is 1. The zero-order chi connectivity index (χ0) is 18.3. The number of nitrogens with zero attached hydrogens (tertiary/aromatic N) is 1. The molecule has 0 bridgehead atoms. The van der Waals surface area contributed by atoms with Gasteiger partial charge in [0.1, 0.15) is 5.58 Å². The average molecular weight is 349 g/mol. The van der Waals surface area contributed by atoms with E-state index in [-0.39, 0.29) is 5.91 Å². The van der Waals surface area contributed by atoms with Gasteiger partial charge < -0.3 is 18.8 Å². The smallest absolute Gasteiger partial charge is 0.294 e. The SMILES string of the molecule is C=C1c2cc(OC)c(OC)cc2CCN1C(=O)c1cc2ccccc2o1. The van der Waals surface area contributed by atoms with Gasteiger partial charge in [-0.15, -0.1) is 0 Å². The van der Waals surface area contributed by atoms with Crippen molar-refractivity contribution >= 4 is 22.6 Å². The van der Waals surface area contributed by atoms with Crippen molar-refractivity contribution in [3.63, 3.8) is 0 Å². The van der Waals surface area contributed by atoms with E-state index in [0.717, 1.165) is 16.5 Å². The number of benzene rings is 2. The van der Waals surface area contributed by atoms with Gasteiger partial charge in [-0.05, 0) is 36.2 Å². The van der Waals surface area contributed by atoms with Crippen molar-refractivity contribution in [1.82, 2.24) is 4.90 Å². The zero-order valence-corrected chi connectivity index (χ0v) is 14.7. The van der Waals surface area contributed by atoms with E-state index in [1.807, 2.05) is 36.4 Å². The molecule has 26 heavy (non-hydrogen) atoms. The Balaban J connectivity index is 1.69. The van der Waals surface area contributed by atoms with E-state index in [2.05, 4.69) is 6.58 Å². The number of furan rings is 1. The monoisotopic (exact) mass is 349 g/mol. The van der Waals surface area contributed by atoms with Crippen LogP contribution in [0.15, 0.2) is 53.5 Å². The minimum atomic E-state index is -0.188. The van der Waals surface area contributed by atoms with E-state index in [1.54, 1.807) is 25.2 Å². The summed E-state index contributed by atoms with van der Waals surface area (Å²) in [7, 11) is 3.20. The van der Waals surface area contributed by atoms with Crippen molar-refractivity contribution in [2.75, 3.05) is 20.8 Å². The minimum absolute atomic E-state index is 0.188. The second kappa shape index (κ2) is 6.26. The second-order valence-corrected chi connectivity index (χ2v) is 6.17. The Hall–Kier alpha value is -3.21. The molecule has 0 fully saturated rings. The van der Waals surface area contributed by atoms with E-state index in [1.165, 1.54) is 0 Å². The fraction of sp³-hybridized carbons (Fsp3) is 0.190. The molecule has 5 heteroatoms. The van der Waals surface area contributed by atoms with Gasteiger partial charge in [0.2, 0.25) is 0 Å². The topological polar surface area (TPSA) is 51.9 Å². The third-order valence-electron chi connectivity index (χ3n) is 4.73. The van der Waals surface area contributed by atoms with E-state index < -0.39 is 0 Å². The van der Waals surface area contributed by atoms with Crippen LogP contribution >= 0.6 is 0 Å². The van der Waals surface area contributed by atoms with Crippen molar-refractivity contribution in [2.45, 2.75) is 6.42 Å². The highest BCUT2D eigenvalue weighted by Gasteiger charge is 2.28. The van der Waals surface area contributed by atoms with Crippen LogP contribution in [0, 0.1) is 0 Å². The van der Waals surface area contributed by atoms with Gasteiger partial charge in [-0.25, -0.2) is 0 Å². The molecule has 0 radical (unpaired) electrons. The molecule has 0 saturated carbocycles. The van der Waals surface area contributed by atoms with Gasteiger partial charge in [-0.1, -0.05) is 24.8 Å². The molecule has 0 unspecified atom stereocenters. The molecule has 0 aliphatic carbocycles. The van der Waals surface area contributed by atoms with Crippen molar-refractivity contribution in [1.29, 1.82) is 0 Å². The number of fused-ring (bicyclic) bond motifs is 2. The first-order chi connectivity index (χ1) is 12.6. The lowest BCUT2D eigenvalue weighted by Crippen LogP contribution is -2.34. The maximum Gasteiger partial charge on any atom is 0.294 e. The van der Waals surface area contributed by atoms with E-state index >= 15 is 0 Å². The maximum absolute atomic E-state index is 13.0. The molecule has 4 rings (SSSR count). The molecular formula is C21H19NO4. The normalized spacial score (nSPS) is 13.6. The molecule has 1 aliphatic heterocycles. The standard InChI is InChI=1S/C21H19NO4/c1-13-16-12-19(25-3)18(24-2)10-14(16)8-9-22(13)21(23)20-11-15-6-4-5-7-17(15)26-20/h4-7,10-12H,1,8-9H2,2-3H3. The summed E-state index contributed by atoms with van der Waals surface area (Å²) in [6.07, 6.45) is 0.709. The van der Waals surface area contributed by atoms with Crippen LogP contribution in [0.2, 0.25) is 0 Å². The second-order valence-electron chi connectivity index (χ2n) is 6.17. The fourth-order valence-corrected chi connectivity index (χ4v) is 3.35. The quantitative estimate of drug-likeness (QED) is 0.714. The van der Waals surface area contributed by atoms with Crippen LogP contribution in [0.1, 0.15) is 21.7 Å². The third kappa shape index (κ3) is 2.52. The summed E-state index contributed by atoms with van der Waals surface area (Å²) in [6, 6.07) is 13.2. The lowest BCUT2D eigenvalue weighted by Gasteiger charge is -2.31. The first-order valence-corrected chi connectivity index (χ1v) is 8.37. The average Bonchev–Trinajstić information content (AvgIpc) is 3.11. The van der Waals surface area contributed by atoms with Crippen molar-refractivity contribution < 1.29 is 18.7 Å². The summed E-state index contributed by atoms with van der Waals surface area (Å²) in [4.78, 5) is 14.6. The summed E-state index contributed by atoms with van der Waals surface area (Å²) in [5, 5.41) is 0.908. The summed E-state index contributed by atoms with van der Waals surface area (Å²) in [6.45, 7) is 4.67. The molecule has 0 atom stereocenters. The molecule has 1 amide bonds. The Kier molecular flexibility index (Phi) is 3.92. The molecule has 1 aromatic heterocycles. The Labute approximate surface area is 151 Å². The molecule has 5 nitrogen and oxygen atoms in total. The van der Waals surface area contributed by atoms with Crippen LogP contribution in [0.5, 0.6) is 11.5 Å². The van der Waals surface area contributed by atoms with Crippen LogP contribution < -0.4 is 9.47 Å². The Morgan fingerprint density at radius 3 is 2.58 bits per heavy atom. The molecule has 2 aromatic carbocycles. The number of carbonyl (C=O) groups excluding carboxylic acids is 1. The van der Waals surface area contributed by atoms with Crippen LogP contribution in [0.4, 0.5) is 0 Å². The first kappa shape index (κ1) is 16.3. The Morgan fingerprint density at radius 1 is 1.12 bits per heavy atom. The number of ether oxygens (including phenoxy) is 2. The Bertz CT molecular complexity index is 985. The van der Waals surface area contributed by atoms with Crippen LogP contribution in [0.25, 0.3) is 16.7 Å². The van der Waals surface area contributed by atoms with E-state index in [0.29, 0.717) is 41.5 Å². The lowest BCUT2D eigenvalue weighted by molar-refractivity contribution is 0.0805. The van der Waals surface area contributed by atoms with Gasteiger partial charge in [-0.3, -0.25) is 4.79 Å². The summed E-state index contributed by atoms with van der Waals surface area (Å²) in [5.74, 6) is 1.42. The van der Waals surface area contributed by atoms with Crippen LogP contribution in [0.3, 0.4) is 0 Å². The van der Waals surface area contributed by atoms with E-state index in [4.69, 9.17) is 13.9 Å². The van der Waals surface area contributed by atoms with Gasteiger partial charge >= 0.3 is 0 Å². The molecule has 1 aliphatic rings. The van der Waals surface area contributed by atoms with Gasteiger partial charge in [-0.2, -0.15) is 0 Å². The highest BCUT2D eigenvalue weighted by Crippen LogP contribution is 2.37. The van der Waals surface area contributed by atoms with Gasteiger partial charge in [0.25, 0.3) is 5.91 Å². The van der Waals surface area contributed by atoms with Gasteiger partial charge in [0, 0.05) is 23.2 Å². The zero-order valence-electron chi connectivity index (χ0n) is 14.7. The number of methoxy groups -OCH3 is 2. The number of hydrogen-bond acceptors (Lipinski definition) is 4. The lowest BCUT2D eigenvalue weighted by atomic mass is 9.96. The Morgan fingerprint density at radius 2 is 1.85 bits per heavy atom. The molecular weight excluding hydrogens is 330 g/mol. The number of para-hydroxylation sites is 1. The highest BCUT2D eigenvalue weighted by molar-refractivity contribution is 6.01. The van der Waals surface area contributed by atoms with Crippen molar-refractivity contribution in [3.05, 3.63) is 65.9 Å². The summed E-state index contributed by atoms with van der Waals surface area (Å²) in [5.41, 5.74) is 3.31. The molecule has 3 aromatic rings. The van der Waals surface area contributed by atoms with Gasteiger partial charge in [0.05, 0.1) is 14.2 Å². The third-order valence-corrected chi connectivity index (χ3v) is 4.73. The largest absolute Gasteiger partial charge is 0.493 e. The van der Waals surface area contributed by atoms with E-state index in [9.17, 15) is 4.79 Å². The van der Waals surface area contributed by atoms with Crippen molar-refractivity contribution in [2.24, 2.45) is 0 Å². The van der Waals surface area contributed by atoms with Gasteiger partial charge in [0.15, 0.2) is 17.3 Å². The molecule has 0 saturated heterocycles. The predicted octanol–water partition coefficient (Wildman–Crippen LogP) is 4.12. The number of amides is 1. The number of rotatable bonds is 3. The predicted molar refractivity (Wildman–Crippen MR) is 99.5 cm³/mol. The highest BCUT2D eigenvalue weighted by atomic mass is 16.5. The molecule has 0 spiro atoms. The molecule has 132 valence electrons. The minimum Gasteiger partial charge on any atom is -0.493 e. The van der Waals surface area contributed by atoms with Crippen LogP contribution in [-0.2, 0) is 6.42 Å². The first-order valence-electron chi connectivity index (χ1n) is 8.37. The fourth-order valence-electron chi connectivity index (χ4n) is 3.35. The summed E-state index contributed by atoms with van der Waals surface area (Å²) < 4.78 is 16.5.